The number of amides is 2. The van der Waals surface area contributed by atoms with Crippen LogP contribution in [0.1, 0.15) is 26.7 Å². The number of hydrogen-bond acceptors (Lipinski definition) is 6. The summed E-state index contributed by atoms with van der Waals surface area (Å²) in [5.41, 5.74) is 0. The van der Waals surface area contributed by atoms with Crippen LogP contribution in [0, 0.1) is 5.92 Å². The molecule has 2 atom stereocenters. The van der Waals surface area contributed by atoms with Crippen molar-refractivity contribution in [1.82, 2.24) is 10.6 Å². The average Bonchev–Trinajstić information content (AvgIpc) is 2.79. The monoisotopic (exact) mass is 560 g/mol. The normalized spacial score (nSPS) is 12.5. The topological polar surface area (TPSA) is 93.7 Å². The first-order valence-electron chi connectivity index (χ1n) is 10.8. The standard InChI is InChI=1S/C24H27Cl3N2O5S/c1-14(2)10-19(29-23(31)18(28-13-30)8-9-35-3)24(32)34-22-12-16(26)5-7-21(22)33-20-6-4-15(25)11-17(20)27/h4-7,11-14,18-19H,8-10H2,1-3H3,(H,28,30)(H,29,31). The third-order valence-corrected chi connectivity index (χ3v) is 6.14. The molecule has 0 aliphatic carbocycles. The van der Waals surface area contributed by atoms with Crippen LogP contribution in [0.4, 0.5) is 0 Å². The van der Waals surface area contributed by atoms with E-state index in [-0.39, 0.29) is 22.4 Å². The zero-order chi connectivity index (χ0) is 26.0. The highest BCUT2D eigenvalue weighted by Gasteiger charge is 2.28. The van der Waals surface area contributed by atoms with Crippen molar-refractivity contribution in [3.05, 3.63) is 51.5 Å². The van der Waals surface area contributed by atoms with Gasteiger partial charge >= 0.3 is 5.97 Å². The second-order valence-corrected chi connectivity index (χ2v) is 10.3. The van der Waals surface area contributed by atoms with Gasteiger partial charge in [0.2, 0.25) is 12.3 Å². The first kappa shape index (κ1) is 29.1. The van der Waals surface area contributed by atoms with Gasteiger partial charge in [-0.25, -0.2) is 4.79 Å². The Morgan fingerprint density at radius 1 is 1.00 bits per heavy atom. The van der Waals surface area contributed by atoms with Crippen molar-refractivity contribution < 1.29 is 23.9 Å². The van der Waals surface area contributed by atoms with Crippen LogP contribution in [0.2, 0.25) is 15.1 Å². The molecule has 0 aliphatic rings. The van der Waals surface area contributed by atoms with Crippen LogP contribution in [0.25, 0.3) is 0 Å². The molecule has 2 aromatic rings. The second kappa shape index (κ2) is 14.4. The van der Waals surface area contributed by atoms with Crippen molar-refractivity contribution in [2.24, 2.45) is 5.92 Å². The molecule has 2 N–H and O–H groups in total. The summed E-state index contributed by atoms with van der Waals surface area (Å²) >= 11 is 19.8. The highest BCUT2D eigenvalue weighted by Crippen LogP contribution is 2.37. The lowest BCUT2D eigenvalue weighted by Crippen LogP contribution is -2.51. The molecule has 2 aromatic carbocycles. The highest BCUT2D eigenvalue weighted by molar-refractivity contribution is 7.98. The molecule has 2 rings (SSSR count). The smallest absolute Gasteiger partial charge is 0.334 e. The predicted molar refractivity (Wildman–Crippen MR) is 141 cm³/mol. The third-order valence-electron chi connectivity index (χ3n) is 4.73. The molecule has 7 nitrogen and oxygen atoms in total. The largest absolute Gasteiger partial charge is 0.452 e. The number of halogens is 3. The summed E-state index contributed by atoms with van der Waals surface area (Å²) in [7, 11) is 0. The molecule has 2 amide bonds. The van der Waals surface area contributed by atoms with Gasteiger partial charge < -0.3 is 20.1 Å². The Morgan fingerprint density at radius 2 is 1.66 bits per heavy atom. The molecule has 0 spiro atoms. The molecule has 0 heterocycles. The maximum Gasteiger partial charge on any atom is 0.334 e. The van der Waals surface area contributed by atoms with Crippen molar-refractivity contribution in [1.29, 1.82) is 0 Å². The van der Waals surface area contributed by atoms with Crippen LogP contribution in [-0.2, 0) is 14.4 Å². The molecule has 35 heavy (non-hydrogen) atoms. The van der Waals surface area contributed by atoms with Gasteiger partial charge in [0.15, 0.2) is 11.5 Å². The Bertz CT molecular complexity index is 1040. The van der Waals surface area contributed by atoms with Crippen molar-refractivity contribution >= 4 is 64.9 Å². The molecule has 0 aliphatic heterocycles. The molecule has 0 saturated heterocycles. The minimum absolute atomic E-state index is 0.0569. The van der Waals surface area contributed by atoms with E-state index in [1.807, 2.05) is 20.1 Å². The summed E-state index contributed by atoms with van der Waals surface area (Å²) in [6.45, 7) is 3.83. The number of ether oxygens (including phenoxy) is 2. The summed E-state index contributed by atoms with van der Waals surface area (Å²) in [5.74, 6) is 0.122. The van der Waals surface area contributed by atoms with Crippen molar-refractivity contribution in [3.63, 3.8) is 0 Å². The molecule has 190 valence electrons. The number of benzene rings is 2. The lowest BCUT2D eigenvalue weighted by molar-refractivity contribution is -0.140. The van der Waals surface area contributed by atoms with Crippen molar-refractivity contribution in [3.8, 4) is 17.2 Å². The van der Waals surface area contributed by atoms with Gasteiger partial charge in [-0.15, -0.1) is 0 Å². The van der Waals surface area contributed by atoms with Gasteiger partial charge in [0.25, 0.3) is 0 Å². The fourth-order valence-corrected chi connectivity index (χ4v) is 4.15. The van der Waals surface area contributed by atoms with E-state index in [0.29, 0.717) is 40.8 Å². The maximum absolute atomic E-state index is 13.1. The molecule has 11 heteroatoms. The number of esters is 1. The molecule has 0 fully saturated rings. The number of rotatable bonds is 13. The minimum atomic E-state index is -0.960. The summed E-state index contributed by atoms with van der Waals surface area (Å²) in [4.78, 5) is 36.9. The van der Waals surface area contributed by atoms with Gasteiger partial charge in [-0.2, -0.15) is 11.8 Å². The summed E-state index contributed by atoms with van der Waals surface area (Å²) in [5, 5.41) is 6.24. The molecule has 0 bridgehead atoms. The van der Waals surface area contributed by atoms with E-state index in [1.54, 1.807) is 36.0 Å². The summed E-state index contributed by atoms with van der Waals surface area (Å²) < 4.78 is 11.5. The van der Waals surface area contributed by atoms with Gasteiger partial charge in [-0.05, 0) is 61.1 Å². The Balaban J connectivity index is 2.24. The molecule has 0 radical (unpaired) electrons. The van der Waals surface area contributed by atoms with Gasteiger partial charge in [-0.1, -0.05) is 48.7 Å². The zero-order valence-corrected chi connectivity index (χ0v) is 22.6. The van der Waals surface area contributed by atoms with Crippen LogP contribution in [0.5, 0.6) is 17.2 Å². The van der Waals surface area contributed by atoms with E-state index < -0.39 is 24.0 Å². The number of nitrogens with one attached hydrogen (secondary N) is 2. The fraction of sp³-hybridized carbons (Fsp3) is 0.375. The Kier molecular flexibility index (Phi) is 12.0. The molecule has 0 saturated carbocycles. The van der Waals surface area contributed by atoms with Gasteiger partial charge in [0, 0.05) is 16.1 Å². The first-order valence-corrected chi connectivity index (χ1v) is 13.3. The Hall–Kier alpha value is -2.13. The molecular formula is C24H27Cl3N2O5S. The predicted octanol–water partition coefficient (Wildman–Crippen LogP) is 5.74. The first-order chi connectivity index (χ1) is 16.6. The zero-order valence-electron chi connectivity index (χ0n) is 19.5. The Labute approximate surface area is 224 Å². The van der Waals surface area contributed by atoms with Gasteiger partial charge in [0.05, 0.1) is 5.02 Å². The van der Waals surface area contributed by atoms with Gasteiger partial charge in [0.1, 0.15) is 17.8 Å². The van der Waals surface area contributed by atoms with Gasteiger partial charge in [-0.3, -0.25) is 9.59 Å². The minimum Gasteiger partial charge on any atom is -0.452 e. The quantitative estimate of drug-likeness (QED) is 0.184. The third kappa shape index (κ3) is 9.44. The number of carbonyl (C=O) groups is 3. The van der Waals surface area contributed by atoms with E-state index in [9.17, 15) is 14.4 Å². The van der Waals surface area contributed by atoms with Crippen molar-refractivity contribution in [2.45, 2.75) is 38.8 Å². The highest BCUT2D eigenvalue weighted by atomic mass is 35.5. The summed E-state index contributed by atoms with van der Waals surface area (Å²) in [6, 6.07) is 7.54. The lowest BCUT2D eigenvalue weighted by atomic mass is 10.0. The number of thioether (sulfide) groups is 1. The molecule has 0 aromatic heterocycles. The lowest BCUT2D eigenvalue weighted by Gasteiger charge is -2.23. The van der Waals surface area contributed by atoms with Crippen LogP contribution in [0.3, 0.4) is 0 Å². The number of carbonyl (C=O) groups excluding carboxylic acids is 3. The van der Waals surface area contributed by atoms with E-state index >= 15 is 0 Å². The van der Waals surface area contributed by atoms with E-state index in [4.69, 9.17) is 44.3 Å². The van der Waals surface area contributed by atoms with Crippen LogP contribution >= 0.6 is 46.6 Å². The fourth-order valence-electron chi connectivity index (χ4n) is 3.07. The maximum atomic E-state index is 13.1. The van der Waals surface area contributed by atoms with Crippen LogP contribution in [-0.4, -0.2) is 42.4 Å². The van der Waals surface area contributed by atoms with E-state index in [1.165, 1.54) is 12.1 Å². The molecular weight excluding hydrogens is 535 g/mol. The van der Waals surface area contributed by atoms with E-state index in [2.05, 4.69) is 10.6 Å². The van der Waals surface area contributed by atoms with Crippen LogP contribution < -0.4 is 20.1 Å². The van der Waals surface area contributed by atoms with Crippen LogP contribution in [0.15, 0.2) is 36.4 Å². The SMILES string of the molecule is CSCCC(NC=O)C(=O)NC(CC(C)C)C(=O)Oc1cc(Cl)ccc1Oc1ccc(Cl)cc1Cl. The molecule has 2 unspecified atom stereocenters. The summed E-state index contributed by atoms with van der Waals surface area (Å²) in [6.07, 6.45) is 3.11. The number of hydrogen-bond donors (Lipinski definition) is 2. The van der Waals surface area contributed by atoms with Crippen molar-refractivity contribution in [2.75, 3.05) is 12.0 Å². The Morgan fingerprint density at radius 3 is 2.26 bits per heavy atom. The van der Waals surface area contributed by atoms with E-state index in [0.717, 1.165) is 0 Å². The second-order valence-electron chi connectivity index (χ2n) is 8.00. The average molecular weight is 562 g/mol.